The molecule has 5 saturated carbocycles. The molecule has 166 valence electrons. The molecule has 0 radical (unpaired) electrons. The van der Waals surface area contributed by atoms with E-state index in [1.807, 2.05) is 7.11 Å². The lowest BCUT2D eigenvalue weighted by Gasteiger charge is -2.60. The highest BCUT2D eigenvalue weighted by Crippen LogP contribution is 2.83. The van der Waals surface area contributed by atoms with Crippen molar-refractivity contribution < 1.29 is 23.7 Å². The summed E-state index contributed by atoms with van der Waals surface area (Å²) in [5.41, 5.74) is 0.375. The molecule has 0 unspecified atom stereocenters. The summed E-state index contributed by atoms with van der Waals surface area (Å²) in [5.74, 6) is 2.93. The van der Waals surface area contributed by atoms with E-state index >= 15 is 0 Å². The standard InChI is InChI=1S/C25H36O5/c1-22-7-5-13-11-25(13,22)18(27-3)9-14-15(22)6-8-24-16(14)10-17-20(24)23(2,12-19(26)29-17)30-21(24)28-4/h13-18,20-21H,5-12H2,1-4H3/t13-,14-,15+,16+,17+,18-,20-,21+,22-,23+,24-,25+/m1/s1. The van der Waals surface area contributed by atoms with Crippen LogP contribution < -0.4 is 0 Å². The predicted octanol–water partition coefficient (Wildman–Crippen LogP) is 3.94. The molecule has 2 spiro atoms. The van der Waals surface area contributed by atoms with Crippen LogP contribution in [0.25, 0.3) is 0 Å². The molecule has 7 rings (SSSR count). The highest BCUT2D eigenvalue weighted by atomic mass is 16.7. The lowest BCUT2D eigenvalue weighted by Crippen LogP contribution is -2.59. The van der Waals surface area contributed by atoms with Crippen LogP contribution in [0.3, 0.4) is 0 Å². The van der Waals surface area contributed by atoms with Gasteiger partial charge < -0.3 is 18.9 Å². The van der Waals surface area contributed by atoms with Gasteiger partial charge in [-0.25, -0.2) is 0 Å². The van der Waals surface area contributed by atoms with Gasteiger partial charge in [-0.15, -0.1) is 0 Å². The normalized spacial score (nSPS) is 64.6. The van der Waals surface area contributed by atoms with Crippen LogP contribution >= 0.6 is 0 Å². The van der Waals surface area contributed by atoms with Crippen molar-refractivity contribution in [2.45, 2.75) is 89.3 Å². The summed E-state index contributed by atoms with van der Waals surface area (Å²) in [6.07, 6.45) is 9.21. The molecule has 2 aliphatic heterocycles. The van der Waals surface area contributed by atoms with E-state index in [0.29, 0.717) is 35.2 Å². The minimum Gasteiger partial charge on any atom is -0.462 e. The maximum absolute atomic E-state index is 12.5. The molecule has 5 nitrogen and oxygen atoms in total. The maximum atomic E-state index is 12.5. The quantitative estimate of drug-likeness (QED) is 0.639. The number of fused-ring (bicyclic) bond motifs is 3. The SMILES string of the molecule is CO[C@H]1O[C@@]2(C)CC(=O)O[C@H]3C[C@H]4[C@@H]5C[C@@H](OC)[C@]67C[C@H]6CC[C@]7(C)[C@H]5CC[C@@]14[C@H]32. The van der Waals surface area contributed by atoms with E-state index in [-0.39, 0.29) is 29.7 Å². The second-order valence-corrected chi connectivity index (χ2v) is 12.3. The summed E-state index contributed by atoms with van der Waals surface area (Å²) >= 11 is 0. The van der Waals surface area contributed by atoms with Crippen molar-refractivity contribution in [2.24, 2.45) is 45.8 Å². The first kappa shape index (κ1) is 18.9. The molecule has 0 bridgehead atoms. The second kappa shape index (κ2) is 5.46. The minimum absolute atomic E-state index is 0.0120. The first-order chi connectivity index (χ1) is 14.3. The van der Waals surface area contributed by atoms with Crippen molar-refractivity contribution in [3.8, 4) is 0 Å². The van der Waals surface area contributed by atoms with Gasteiger partial charge in [0.05, 0.1) is 18.1 Å². The van der Waals surface area contributed by atoms with E-state index in [4.69, 9.17) is 18.9 Å². The van der Waals surface area contributed by atoms with Crippen LogP contribution in [0.1, 0.15) is 65.2 Å². The number of hydrogen-bond donors (Lipinski definition) is 0. The number of hydrogen-bond acceptors (Lipinski definition) is 5. The fourth-order valence-electron chi connectivity index (χ4n) is 11.1. The van der Waals surface area contributed by atoms with E-state index in [0.717, 1.165) is 24.7 Å². The lowest BCUT2D eigenvalue weighted by molar-refractivity contribution is -0.227. The van der Waals surface area contributed by atoms with Gasteiger partial charge >= 0.3 is 5.97 Å². The van der Waals surface area contributed by atoms with Crippen molar-refractivity contribution >= 4 is 5.97 Å². The first-order valence-corrected chi connectivity index (χ1v) is 12.3. The molecule has 5 aliphatic carbocycles. The highest BCUT2D eigenvalue weighted by molar-refractivity contribution is 5.72. The summed E-state index contributed by atoms with van der Waals surface area (Å²) in [4.78, 5) is 12.5. The molecular weight excluding hydrogens is 380 g/mol. The van der Waals surface area contributed by atoms with Gasteiger partial charge in [-0.1, -0.05) is 6.92 Å². The van der Waals surface area contributed by atoms with E-state index < -0.39 is 5.60 Å². The fraction of sp³-hybridized carbons (Fsp3) is 0.960. The number of ether oxygens (including phenoxy) is 4. The van der Waals surface area contributed by atoms with Crippen molar-refractivity contribution in [2.75, 3.05) is 14.2 Å². The number of esters is 1. The van der Waals surface area contributed by atoms with Crippen molar-refractivity contribution in [3.63, 3.8) is 0 Å². The topological polar surface area (TPSA) is 54.0 Å². The Morgan fingerprint density at radius 3 is 2.60 bits per heavy atom. The van der Waals surface area contributed by atoms with Crippen LogP contribution in [0.2, 0.25) is 0 Å². The van der Waals surface area contributed by atoms with E-state index in [2.05, 4.69) is 13.8 Å². The molecule has 30 heavy (non-hydrogen) atoms. The zero-order valence-electron chi connectivity index (χ0n) is 18.8. The highest BCUT2D eigenvalue weighted by Gasteiger charge is 2.81. The lowest BCUT2D eigenvalue weighted by atomic mass is 9.45. The summed E-state index contributed by atoms with van der Waals surface area (Å²) < 4.78 is 24.9. The molecule has 0 aromatic carbocycles. The monoisotopic (exact) mass is 416 g/mol. The van der Waals surface area contributed by atoms with Gasteiger partial charge in [0.1, 0.15) is 6.10 Å². The molecule has 2 heterocycles. The van der Waals surface area contributed by atoms with Gasteiger partial charge in [0.25, 0.3) is 0 Å². The van der Waals surface area contributed by atoms with Gasteiger partial charge in [-0.05, 0) is 81.0 Å². The Morgan fingerprint density at radius 2 is 1.87 bits per heavy atom. The average molecular weight is 417 g/mol. The molecule has 7 fully saturated rings. The van der Waals surface area contributed by atoms with Crippen LogP contribution in [0.15, 0.2) is 0 Å². The predicted molar refractivity (Wildman–Crippen MR) is 108 cm³/mol. The van der Waals surface area contributed by atoms with Gasteiger partial charge in [0.15, 0.2) is 6.29 Å². The van der Waals surface area contributed by atoms with Crippen molar-refractivity contribution in [1.29, 1.82) is 0 Å². The third-order valence-corrected chi connectivity index (χ3v) is 11.9. The molecule has 0 aromatic heterocycles. The zero-order valence-corrected chi connectivity index (χ0v) is 18.8. The number of carbonyl (C=O) groups is 1. The molecule has 0 aromatic rings. The van der Waals surface area contributed by atoms with Crippen molar-refractivity contribution in [3.05, 3.63) is 0 Å². The molecule has 0 N–H and O–H groups in total. The number of rotatable bonds is 2. The van der Waals surface area contributed by atoms with Gasteiger partial charge in [0, 0.05) is 31.0 Å². The Hall–Kier alpha value is -0.650. The Labute approximate surface area is 179 Å². The summed E-state index contributed by atoms with van der Waals surface area (Å²) in [6.45, 7) is 4.74. The van der Waals surface area contributed by atoms with Gasteiger partial charge in [-0.2, -0.15) is 0 Å². The molecule has 7 aliphatic rings. The van der Waals surface area contributed by atoms with Crippen LogP contribution in [0, 0.1) is 45.8 Å². The van der Waals surface area contributed by atoms with Crippen LogP contribution in [0.4, 0.5) is 0 Å². The Morgan fingerprint density at radius 1 is 1.03 bits per heavy atom. The molecular formula is C25H36O5. The molecule has 12 atom stereocenters. The zero-order chi connectivity index (χ0) is 20.7. The number of carbonyl (C=O) groups excluding carboxylic acids is 1. The third kappa shape index (κ3) is 1.78. The Kier molecular flexibility index (Phi) is 3.43. The van der Waals surface area contributed by atoms with Crippen LogP contribution in [-0.2, 0) is 23.7 Å². The number of methoxy groups -OCH3 is 2. The van der Waals surface area contributed by atoms with Crippen LogP contribution in [-0.4, -0.2) is 44.3 Å². The van der Waals surface area contributed by atoms with Crippen molar-refractivity contribution in [1.82, 2.24) is 0 Å². The third-order valence-electron chi connectivity index (χ3n) is 11.9. The first-order valence-electron chi connectivity index (χ1n) is 12.3. The summed E-state index contributed by atoms with van der Waals surface area (Å²) in [6, 6.07) is 0. The fourth-order valence-corrected chi connectivity index (χ4v) is 11.1. The van der Waals surface area contributed by atoms with E-state index in [1.165, 1.54) is 32.1 Å². The van der Waals surface area contributed by atoms with E-state index in [9.17, 15) is 4.79 Å². The molecule has 5 heteroatoms. The van der Waals surface area contributed by atoms with Crippen LogP contribution in [0.5, 0.6) is 0 Å². The van der Waals surface area contributed by atoms with E-state index in [1.54, 1.807) is 7.11 Å². The summed E-state index contributed by atoms with van der Waals surface area (Å²) in [5, 5.41) is 0. The average Bonchev–Trinajstić information content (AvgIpc) is 3.09. The minimum atomic E-state index is -0.447. The maximum Gasteiger partial charge on any atom is 0.309 e. The Bertz CT molecular complexity index is 813. The van der Waals surface area contributed by atoms with Gasteiger partial charge in [0.2, 0.25) is 0 Å². The second-order valence-electron chi connectivity index (χ2n) is 12.3. The molecule has 0 amide bonds. The smallest absolute Gasteiger partial charge is 0.309 e. The molecule has 2 saturated heterocycles. The van der Waals surface area contributed by atoms with Gasteiger partial charge in [-0.3, -0.25) is 4.79 Å². The Balaban J connectivity index is 1.33. The largest absolute Gasteiger partial charge is 0.462 e. The summed E-state index contributed by atoms with van der Waals surface area (Å²) in [7, 11) is 3.73.